The van der Waals surface area contributed by atoms with Crippen LogP contribution in [0.15, 0.2) is 0 Å². The van der Waals surface area contributed by atoms with Crippen LogP contribution in [0.25, 0.3) is 0 Å². The molecule has 8 heteroatoms. The maximum atomic E-state index is 12.2. The molecule has 0 aromatic carbocycles. The molecule has 3 N–H and O–H groups in total. The van der Waals surface area contributed by atoms with Gasteiger partial charge >= 0.3 is 0 Å². The lowest BCUT2D eigenvalue weighted by Crippen LogP contribution is -2.40. The molecule has 1 atom stereocenters. The van der Waals surface area contributed by atoms with Crippen LogP contribution in [0.5, 0.6) is 0 Å². The lowest BCUT2D eigenvalue weighted by Gasteiger charge is -2.29. The van der Waals surface area contributed by atoms with Gasteiger partial charge in [-0.2, -0.15) is 0 Å². The van der Waals surface area contributed by atoms with Crippen LogP contribution < -0.4 is 16.0 Å². The Hall–Kier alpha value is -1.11. The molecule has 6 nitrogen and oxygen atoms in total. The highest BCUT2D eigenvalue weighted by atomic mass is 35.5. The number of amides is 1. The van der Waals surface area contributed by atoms with E-state index in [1.54, 1.807) is 0 Å². The lowest BCUT2D eigenvalue weighted by atomic mass is 10.0. The lowest BCUT2D eigenvalue weighted by molar-refractivity contribution is 0.0940. The molecule has 142 valence electrons. The molecule has 0 saturated carbocycles. The van der Waals surface area contributed by atoms with Crippen molar-refractivity contribution in [2.75, 3.05) is 24.5 Å². The quantitative estimate of drug-likeness (QED) is 0.826. The number of hydrogen-bond donors (Lipinski definition) is 2. The molecule has 0 spiro atoms. The second-order valence-electron chi connectivity index (χ2n) is 7.10. The van der Waals surface area contributed by atoms with Crippen molar-refractivity contribution in [2.45, 2.75) is 52.0 Å². The first-order valence-corrected chi connectivity index (χ1v) is 8.73. The first-order chi connectivity index (χ1) is 11.0. The van der Waals surface area contributed by atoms with Crippen LogP contribution in [0, 0.1) is 5.92 Å². The topological polar surface area (TPSA) is 84.1 Å². The number of rotatable bonds is 3. The van der Waals surface area contributed by atoms with Gasteiger partial charge in [-0.25, -0.2) is 9.97 Å². The average molecular weight is 390 g/mol. The van der Waals surface area contributed by atoms with Crippen LogP contribution >= 0.6 is 24.8 Å². The molecule has 1 amide bonds. The fourth-order valence-electron chi connectivity index (χ4n) is 3.41. The Morgan fingerprint density at radius 1 is 1.28 bits per heavy atom. The highest BCUT2D eigenvalue weighted by molar-refractivity contribution is 5.96. The molecule has 1 aromatic heterocycles. The number of halogens is 2. The molecule has 1 aromatic rings. The number of nitrogens with one attached hydrogen (secondary N) is 1. The van der Waals surface area contributed by atoms with E-state index >= 15 is 0 Å². The van der Waals surface area contributed by atoms with E-state index in [4.69, 9.17) is 10.7 Å². The standard InChI is InChI=1S/C17H27N5O.2ClH/c1-11(2)9-14-20-15-13(6-7-19-17(15)23)16(21-14)22-8-4-3-5-12(18)10-22;;/h11-12H,3-10,18H2,1-2H3,(H,19,23);2*1H. The van der Waals surface area contributed by atoms with Gasteiger partial charge in [0.05, 0.1) is 0 Å². The summed E-state index contributed by atoms with van der Waals surface area (Å²) in [6.07, 6.45) is 4.92. The van der Waals surface area contributed by atoms with E-state index in [1.807, 2.05) is 0 Å². The third kappa shape index (κ3) is 5.19. The number of nitrogens with two attached hydrogens (primary N) is 1. The highest BCUT2D eigenvalue weighted by Crippen LogP contribution is 2.26. The molecule has 3 heterocycles. The maximum absolute atomic E-state index is 12.2. The second-order valence-corrected chi connectivity index (χ2v) is 7.10. The van der Waals surface area contributed by atoms with Gasteiger partial charge in [0.1, 0.15) is 17.3 Å². The molecule has 0 bridgehead atoms. The van der Waals surface area contributed by atoms with Crippen LogP contribution in [0.1, 0.15) is 55.0 Å². The van der Waals surface area contributed by atoms with E-state index in [-0.39, 0.29) is 36.8 Å². The molecule has 1 fully saturated rings. The molecule has 1 unspecified atom stereocenters. The van der Waals surface area contributed by atoms with Gasteiger partial charge in [0.25, 0.3) is 5.91 Å². The van der Waals surface area contributed by atoms with Gasteiger partial charge in [-0.05, 0) is 25.2 Å². The van der Waals surface area contributed by atoms with Gasteiger partial charge < -0.3 is 16.0 Å². The summed E-state index contributed by atoms with van der Waals surface area (Å²) in [4.78, 5) is 23.9. The van der Waals surface area contributed by atoms with E-state index in [9.17, 15) is 4.79 Å². The number of anilines is 1. The predicted octanol–water partition coefficient (Wildman–Crippen LogP) is 2.12. The molecular weight excluding hydrogens is 361 g/mol. The smallest absolute Gasteiger partial charge is 0.270 e. The SMILES string of the molecule is CC(C)Cc1nc2c(c(N3CCCCC(N)C3)n1)CCNC2=O.Cl.Cl. The summed E-state index contributed by atoms with van der Waals surface area (Å²) in [5.41, 5.74) is 7.78. The minimum atomic E-state index is -0.0703. The summed E-state index contributed by atoms with van der Waals surface area (Å²) in [7, 11) is 0. The van der Waals surface area contributed by atoms with E-state index in [1.165, 1.54) is 0 Å². The van der Waals surface area contributed by atoms with Crippen molar-refractivity contribution in [1.29, 1.82) is 0 Å². The number of carbonyl (C=O) groups excluding carboxylic acids is 1. The van der Waals surface area contributed by atoms with Crippen molar-refractivity contribution in [3.8, 4) is 0 Å². The van der Waals surface area contributed by atoms with E-state index in [0.717, 1.165) is 62.4 Å². The Morgan fingerprint density at radius 3 is 2.76 bits per heavy atom. The molecule has 0 aliphatic carbocycles. The summed E-state index contributed by atoms with van der Waals surface area (Å²) in [5.74, 6) is 2.10. The van der Waals surface area contributed by atoms with Gasteiger partial charge in [0.15, 0.2) is 0 Å². The van der Waals surface area contributed by atoms with E-state index in [0.29, 0.717) is 18.2 Å². The Balaban J connectivity index is 0.00000156. The third-order valence-corrected chi connectivity index (χ3v) is 4.51. The second kappa shape index (κ2) is 9.55. The molecule has 2 aliphatic heterocycles. The number of nitrogens with zero attached hydrogens (tertiary/aromatic N) is 3. The van der Waals surface area contributed by atoms with Gasteiger partial charge in [-0.3, -0.25) is 4.79 Å². The largest absolute Gasteiger partial charge is 0.355 e. The number of carbonyl (C=O) groups is 1. The first kappa shape index (κ1) is 21.9. The Labute approximate surface area is 162 Å². The van der Waals surface area contributed by atoms with Crippen molar-refractivity contribution in [3.63, 3.8) is 0 Å². The first-order valence-electron chi connectivity index (χ1n) is 8.73. The summed E-state index contributed by atoms with van der Waals surface area (Å²) in [6.45, 7) is 6.71. The van der Waals surface area contributed by atoms with Crippen LogP contribution in [-0.4, -0.2) is 41.6 Å². The Morgan fingerprint density at radius 2 is 2.04 bits per heavy atom. The fraction of sp³-hybridized carbons (Fsp3) is 0.706. The minimum Gasteiger partial charge on any atom is -0.355 e. The zero-order chi connectivity index (χ0) is 16.4. The molecule has 0 radical (unpaired) electrons. The highest BCUT2D eigenvalue weighted by Gasteiger charge is 2.27. The van der Waals surface area contributed by atoms with Crippen molar-refractivity contribution in [3.05, 3.63) is 17.1 Å². The molecule has 3 rings (SSSR count). The fourth-order valence-corrected chi connectivity index (χ4v) is 3.41. The van der Waals surface area contributed by atoms with Crippen LogP contribution in [0.2, 0.25) is 0 Å². The predicted molar refractivity (Wildman–Crippen MR) is 105 cm³/mol. The Bertz CT molecular complexity index is 597. The van der Waals surface area contributed by atoms with Crippen molar-refractivity contribution in [1.82, 2.24) is 15.3 Å². The van der Waals surface area contributed by atoms with Gasteiger partial charge in [0.2, 0.25) is 0 Å². The molecule has 25 heavy (non-hydrogen) atoms. The molecule has 1 saturated heterocycles. The Kier molecular flexibility index (Phi) is 8.38. The molecular formula is C17H29Cl2N5O. The van der Waals surface area contributed by atoms with Gasteiger partial charge in [-0.15, -0.1) is 24.8 Å². The van der Waals surface area contributed by atoms with E-state index < -0.39 is 0 Å². The summed E-state index contributed by atoms with van der Waals surface area (Å²) >= 11 is 0. The normalized spacial score (nSPS) is 20.1. The summed E-state index contributed by atoms with van der Waals surface area (Å²) < 4.78 is 0. The maximum Gasteiger partial charge on any atom is 0.270 e. The average Bonchev–Trinajstić information content (AvgIpc) is 2.71. The van der Waals surface area contributed by atoms with Crippen molar-refractivity contribution >= 4 is 36.5 Å². The van der Waals surface area contributed by atoms with Gasteiger partial charge in [0, 0.05) is 37.7 Å². The monoisotopic (exact) mass is 389 g/mol. The van der Waals surface area contributed by atoms with Crippen molar-refractivity contribution < 1.29 is 4.79 Å². The zero-order valence-corrected chi connectivity index (χ0v) is 16.6. The molecule has 2 aliphatic rings. The van der Waals surface area contributed by atoms with Gasteiger partial charge in [-0.1, -0.05) is 20.3 Å². The minimum absolute atomic E-state index is 0. The van der Waals surface area contributed by atoms with Crippen LogP contribution in [0.4, 0.5) is 5.82 Å². The van der Waals surface area contributed by atoms with E-state index in [2.05, 4.69) is 29.0 Å². The summed E-state index contributed by atoms with van der Waals surface area (Å²) in [5, 5.41) is 2.90. The third-order valence-electron chi connectivity index (χ3n) is 4.51. The number of hydrogen-bond acceptors (Lipinski definition) is 5. The summed E-state index contributed by atoms with van der Waals surface area (Å²) in [6, 6.07) is 0.175. The van der Waals surface area contributed by atoms with Crippen LogP contribution in [-0.2, 0) is 12.8 Å². The number of fused-ring (bicyclic) bond motifs is 1. The zero-order valence-electron chi connectivity index (χ0n) is 15.0. The van der Waals surface area contributed by atoms with Crippen molar-refractivity contribution in [2.24, 2.45) is 11.7 Å². The number of aromatic nitrogens is 2. The van der Waals surface area contributed by atoms with Crippen LogP contribution in [0.3, 0.4) is 0 Å².